The summed E-state index contributed by atoms with van der Waals surface area (Å²) in [6, 6.07) is 7.76. The molecule has 27 heavy (non-hydrogen) atoms. The van der Waals surface area contributed by atoms with Crippen LogP contribution in [0.3, 0.4) is 0 Å². The predicted molar refractivity (Wildman–Crippen MR) is 102 cm³/mol. The molecule has 1 aliphatic rings. The number of hydrogen-bond acceptors (Lipinski definition) is 4. The van der Waals surface area contributed by atoms with E-state index in [0.717, 1.165) is 24.2 Å². The maximum absolute atomic E-state index is 12.4. The average Bonchev–Trinajstić information content (AvgIpc) is 2.67. The topological polar surface area (TPSA) is 88.1 Å². The summed E-state index contributed by atoms with van der Waals surface area (Å²) in [4.78, 5) is 24.8. The molecule has 150 valence electrons. The molecule has 1 fully saturated rings. The number of rotatable bonds is 8. The number of nitrogens with zero attached hydrogens (tertiary/aromatic N) is 1. The maximum atomic E-state index is 12.4. The second-order valence-corrected chi connectivity index (χ2v) is 7.13. The van der Waals surface area contributed by atoms with Crippen molar-refractivity contribution in [2.24, 2.45) is 5.92 Å². The highest BCUT2D eigenvalue weighted by Crippen LogP contribution is 2.35. The van der Waals surface area contributed by atoms with E-state index in [9.17, 15) is 9.59 Å². The highest BCUT2D eigenvalue weighted by atomic mass is 16.5. The molecular weight excluding hydrogens is 348 g/mol. The number of urea groups is 1. The first-order valence-electron chi connectivity index (χ1n) is 9.41. The van der Waals surface area contributed by atoms with Crippen molar-refractivity contribution in [3.05, 3.63) is 29.8 Å². The van der Waals surface area contributed by atoms with Crippen LogP contribution >= 0.6 is 0 Å². The van der Waals surface area contributed by atoms with Crippen LogP contribution in [0.5, 0.6) is 5.75 Å². The van der Waals surface area contributed by atoms with Gasteiger partial charge in [0.1, 0.15) is 5.75 Å². The van der Waals surface area contributed by atoms with Gasteiger partial charge in [0, 0.05) is 38.8 Å². The summed E-state index contributed by atoms with van der Waals surface area (Å²) < 4.78 is 11.0. The highest BCUT2D eigenvalue weighted by Gasteiger charge is 2.35. The van der Waals surface area contributed by atoms with E-state index in [1.807, 2.05) is 19.1 Å². The van der Waals surface area contributed by atoms with Gasteiger partial charge in [-0.3, -0.25) is 4.79 Å². The standard InChI is InChI=1S/C20H30N2O5/c1-4-27-17-7-5-16(6-8-17)20(9-11-26-12-10-20)14-21-19(25)22(3)13-15(2)18(23)24/h5-8,15H,4,9-14H2,1-3H3,(H,21,25)(H,23,24). The lowest BCUT2D eigenvalue weighted by atomic mass is 9.74. The second-order valence-electron chi connectivity index (χ2n) is 7.13. The number of carbonyl (C=O) groups is 2. The van der Waals surface area contributed by atoms with Gasteiger partial charge in [-0.2, -0.15) is 0 Å². The minimum absolute atomic E-state index is 0.167. The van der Waals surface area contributed by atoms with Crippen molar-refractivity contribution >= 4 is 12.0 Å². The summed E-state index contributed by atoms with van der Waals surface area (Å²) >= 11 is 0. The Labute approximate surface area is 160 Å². The first-order valence-corrected chi connectivity index (χ1v) is 9.41. The summed E-state index contributed by atoms with van der Waals surface area (Å²) in [5.41, 5.74) is 0.953. The molecule has 2 rings (SSSR count). The molecule has 1 saturated heterocycles. The molecule has 0 saturated carbocycles. The number of nitrogens with one attached hydrogen (secondary N) is 1. The molecule has 0 bridgehead atoms. The van der Waals surface area contributed by atoms with E-state index in [1.165, 1.54) is 4.90 Å². The van der Waals surface area contributed by atoms with Crippen LogP contribution in [-0.2, 0) is 14.9 Å². The zero-order valence-electron chi connectivity index (χ0n) is 16.4. The number of aliphatic carboxylic acids is 1. The van der Waals surface area contributed by atoms with Gasteiger partial charge in [-0.15, -0.1) is 0 Å². The van der Waals surface area contributed by atoms with E-state index in [4.69, 9.17) is 14.6 Å². The van der Waals surface area contributed by atoms with Crippen LogP contribution in [0.25, 0.3) is 0 Å². The Balaban J connectivity index is 2.05. The van der Waals surface area contributed by atoms with Crippen LogP contribution in [0.2, 0.25) is 0 Å². The van der Waals surface area contributed by atoms with E-state index in [0.29, 0.717) is 26.4 Å². The molecule has 0 spiro atoms. The molecule has 7 heteroatoms. The SMILES string of the molecule is CCOc1ccc(C2(CNC(=O)N(C)CC(C)C(=O)O)CCOCC2)cc1. The molecular formula is C20H30N2O5. The smallest absolute Gasteiger partial charge is 0.317 e. The Kier molecular flexibility index (Phi) is 7.47. The molecule has 1 aromatic carbocycles. The van der Waals surface area contributed by atoms with Gasteiger partial charge in [-0.25, -0.2) is 4.79 Å². The van der Waals surface area contributed by atoms with Crippen LogP contribution in [0.15, 0.2) is 24.3 Å². The molecule has 0 radical (unpaired) electrons. The van der Waals surface area contributed by atoms with Gasteiger partial charge in [0.05, 0.1) is 12.5 Å². The van der Waals surface area contributed by atoms with Crippen molar-refractivity contribution in [2.75, 3.05) is 40.0 Å². The minimum Gasteiger partial charge on any atom is -0.494 e. The van der Waals surface area contributed by atoms with Crippen molar-refractivity contribution < 1.29 is 24.2 Å². The predicted octanol–water partition coefficient (Wildman–Crippen LogP) is 2.50. The fraction of sp³-hybridized carbons (Fsp3) is 0.600. The average molecular weight is 378 g/mol. The third kappa shape index (κ3) is 5.60. The van der Waals surface area contributed by atoms with Gasteiger partial charge >= 0.3 is 12.0 Å². The van der Waals surface area contributed by atoms with Gasteiger partial charge in [0.2, 0.25) is 0 Å². The van der Waals surface area contributed by atoms with Gasteiger partial charge < -0.3 is 24.8 Å². The molecule has 2 amide bonds. The number of carboxylic acids is 1. The molecule has 1 aliphatic heterocycles. The molecule has 0 aromatic heterocycles. The summed E-state index contributed by atoms with van der Waals surface area (Å²) in [6.07, 6.45) is 1.63. The zero-order chi connectivity index (χ0) is 19.9. The molecule has 1 aromatic rings. The van der Waals surface area contributed by atoms with Crippen molar-refractivity contribution in [2.45, 2.75) is 32.1 Å². The van der Waals surface area contributed by atoms with Crippen LogP contribution in [-0.4, -0.2) is 62.0 Å². The van der Waals surface area contributed by atoms with Gasteiger partial charge in [0.15, 0.2) is 0 Å². The number of ether oxygens (including phenoxy) is 2. The third-order valence-corrected chi connectivity index (χ3v) is 5.12. The van der Waals surface area contributed by atoms with E-state index < -0.39 is 11.9 Å². The first kappa shape index (κ1) is 21.0. The second kappa shape index (κ2) is 9.60. The molecule has 1 unspecified atom stereocenters. The molecule has 1 heterocycles. The molecule has 7 nitrogen and oxygen atoms in total. The lowest BCUT2D eigenvalue weighted by Crippen LogP contribution is -2.48. The third-order valence-electron chi connectivity index (χ3n) is 5.12. The Bertz CT molecular complexity index is 626. The Hall–Kier alpha value is -2.28. The number of carboxylic acid groups (broad SMARTS) is 1. The van der Waals surface area contributed by atoms with Gasteiger partial charge in [-0.05, 0) is 37.5 Å². The molecule has 2 N–H and O–H groups in total. The lowest BCUT2D eigenvalue weighted by molar-refractivity contribution is -0.141. The van der Waals surface area contributed by atoms with Crippen molar-refractivity contribution in [1.29, 1.82) is 0 Å². The molecule has 1 atom stereocenters. The van der Waals surface area contributed by atoms with Crippen LogP contribution in [0, 0.1) is 5.92 Å². The minimum atomic E-state index is -0.912. The first-order chi connectivity index (χ1) is 12.9. The quantitative estimate of drug-likeness (QED) is 0.726. The van der Waals surface area contributed by atoms with E-state index in [-0.39, 0.29) is 18.0 Å². The summed E-state index contributed by atoms with van der Waals surface area (Å²) in [6.45, 7) is 6.10. The van der Waals surface area contributed by atoms with E-state index in [2.05, 4.69) is 17.4 Å². The monoisotopic (exact) mass is 378 g/mol. The van der Waals surface area contributed by atoms with Crippen molar-refractivity contribution in [1.82, 2.24) is 10.2 Å². The van der Waals surface area contributed by atoms with E-state index in [1.54, 1.807) is 14.0 Å². The summed E-state index contributed by atoms with van der Waals surface area (Å²) in [5.74, 6) is -0.691. The number of benzene rings is 1. The van der Waals surface area contributed by atoms with Crippen LogP contribution in [0.1, 0.15) is 32.3 Å². The Morgan fingerprint density at radius 2 is 1.93 bits per heavy atom. The van der Waals surface area contributed by atoms with Gasteiger partial charge in [-0.1, -0.05) is 19.1 Å². The van der Waals surface area contributed by atoms with Crippen LogP contribution < -0.4 is 10.1 Å². The Morgan fingerprint density at radius 3 is 2.48 bits per heavy atom. The number of amides is 2. The number of hydrogen-bond donors (Lipinski definition) is 2. The van der Waals surface area contributed by atoms with Crippen molar-refractivity contribution in [3.63, 3.8) is 0 Å². The zero-order valence-corrected chi connectivity index (χ0v) is 16.4. The largest absolute Gasteiger partial charge is 0.494 e. The fourth-order valence-electron chi connectivity index (χ4n) is 3.35. The lowest BCUT2D eigenvalue weighted by Gasteiger charge is -2.38. The maximum Gasteiger partial charge on any atom is 0.317 e. The molecule has 0 aliphatic carbocycles. The van der Waals surface area contributed by atoms with Gasteiger partial charge in [0.25, 0.3) is 0 Å². The van der Waals surface area contributed by atoms with Crippen LogP contribution in [0.4, 0.5) is 4.79 Å². The number of carbonyl (C=O) groups excluding carboxylic acids is 1. The van der Waals surface area contributed by atoms with Crippen molar-refractivity contribution in [3.8, 4) is 5.75 Å². The Morgan fingerprint density at radius 1 is 1.30 bits per heavy atom. The normalized spacial score (nSPS) is 17.0. The summed E-state index contributed by atoms with van der Waals surface area (Å²) in [5, 5.41) is 12.0. The summed E-state index contributed by atoms with van der Waals surface area (Å²) in [7, 11) is 1.61. The fourth-order valence-corrected chi connectivity index (χ4v) is 3.35. The van der Waals surface area contributed by atoms with E-state index >= 15 is 0 Å². The highest BCUT2D eigenvalue weighted by molar-refractivity contribution is 5.75.